The Morgan fingerprint density at radius 1 is 0.972 bits per heavy atom. The van der Waals surface area contributed by atoms with Gasteiger partial charge in [-0.1, -0.05) is 81.4 Å². The molecule has 2 heterocycles. The summed E-state index contributed by atoms with van der Waals surface area (Å²) < 4.78 is 13.5. The molecule has 36 heavy (non-hydrogen) atoms. The van der Waals surface area contributed by atoms with Gasteiger partial charge in [-0.2, -0.15) is 0 Å². The number of hydrogen-bond acceptors (Lipinski definition) is 6. The van der Waals surface area contributed by atoms with Gasteiger partial charge in [-0.05, 0) is 29.3 Å². The molecule has 2 aromatic heterocycles. The van der Waals surface area contributed by atoms with Crippen LogP contribution in [0.2, 0.25) is 5.04 Å². The van der Waals surface area contributed by atoms with Crippen molar-refractivity contribution >= 4 is 36.1 Å². The number of benzene rings is 2. The fraction of sp³-hybridized carbons (Fsp3) is 0.286. The third-order valence-corrected chi connectivity index (χ3v) is 11.2. The van der Waals surface area contributed by atoms with E-state index in [0.29, 0.717) is 17.0 Å². The molecule has 0 bridgehead atoms. The minimum atomic E-state index is -2.76. The SMILES string of the molecule is CCOC(=O)C(=O)c1c(C)nc2cnc(CO[Si](c3ccccc3)(c3ccccc3)C(C)(C)C)cn12. The van der Waals surface area contributed by atoms with Gasteiger partial charge in [0.05, 0.1) is 30.8 Å². The first-order valence-corrected chi connectivity index (χ1v) is 13.9. The maximum atomic E-state index is 12.8. The van der Waals surface area contributed by atoms with E-state index in [4.69, 9.17) is 9.16 Å². The predicted octanol–water partition coefficient (Wildman–Crippen LogP) is 3.86. The summed E-state index contributed by atoms with van der Waals surface area (Å²) in [5.74, 6) is -1.63. The van der Waals surface area contributed by atoms with Gasteiger partial charge in [-0.3, -0.25) is 14.2 Å². The van der Waals surface area contributed by atoms with Gasteiger partial charge in [0.25, 0.3) is 14.1 Å². The van der Waals surface area contributed by atoms with E-state index in [1.54, 1.807) is 30.6 Å². The number of rotatable bonds is 8. The Morgan fingerprint density at radius 2 is 1.56 bits per heavy atom. The van der Waals surface area contributed by atoms with Crippen LogP contribution in [0.25, 0.3) is 5.65 Å². The molecule has 4 rings (SSSR count). The van der Waals surface area contributed by atoms with E-state index in [9.17, 15) is 9.59 Å². The molecule has 0 fully saturated rings. The Kier molecular flexibility index (Phi) is 7.19. The van der Waals surface area contributed by atoms with E-state index in [0.717, 1.165) is 0 Å². The average molecular weight is 502 g/mol. The molecule has 2 aromatic carbocycles. The minimum Gasteiger partial charge on any atom is -0.460 e. The summed E-state index contributed by atoms with van der Waals surface area (Å²) in [7, 11) is -2.76. The first-order valence-electron chi connectivity index (χ1n) is 12.0. The highest BCUT2D eigenvalue weighted by Crippen LogP contribution is 2.37. The summed E-state index contributed by atoms with van der Waals surface area (Å²) in [6.45, 7) is 10.4. The third kappa shape index (κ3) is 4.61. The highest BCUT2D eigenvalue weighted by Gasteiger charge is 2.50. The Hall–Kier alpha value is -3.62. The second kappa shape index (κ2) is 10.2. The molecule has 0 radical (unpaired) electrons. The maximum absolute atomic E-state index is 12.8. The van der Waals surface area contributed by atoms with Crippen LogP contribution in [0.4, 0.5) is 0 Å². The van der Waals surface area contributed by atoms with Crippen LogP contribution in [0, 0.1) is 6.92 Å². The van der Waals surface area contributed by atoms with Crippen LogP contribution in [0.1, 0.15) is 49.6 Å². The van der Waals surface area contributed by atoms with Crippen molar-refractivity contribution in [2.24, 2.45) is 0 Å². The maximum Gasteiger partial charge on any atom is 0.381 e. The van der Waals surface area contributed by atoms with Gasteiger partial charge in [-0.25, -0.2) is 9.78 Å². The number of esters is 1. The van der Waals surface area contributed by atoms with E-state index in [1.807, 2.05) is 36.4 Å². The zero-order valence-electron chi connectivity index (χ0n) is 21.3. The molecule has 8 heteroatoms. The second-order valence-corrected chi connectivity index (χ2v) is 14.0. The van der Waals surface area contributed by atoms with Gasteiger partial charge in [0, 0.05) is 6.20 Å². The molecule has 0 spiro atoms. The predicted molar refractivity (Wildman–Crippen MR) is 141 cm³/mol. The zero-order chi connectivity index (χ0) is 25.9. The van der Waals surface area contributed by atoms with Gasteiger partial charge >= 0.3 is 5.97 Å². The molecule has 186 valence electrons. The van der Waals surface area contributed by atoms with Crippen molar-refractivity contribution < 1.29 is 18.8 Å². The van der Waals surface area contributed by atoms with Crippen LogP contribution >= 0.6 is 0 Å². The van der Waals surface area contributed by atoms with Gasteiger partial charge < -0.3 is 9.16 Å². The van der Waals surface area contributed by atoms with Crippen LogP contribution in [0.15, 0.2) is 73.1 Å². The number of ketones is 1. The normalized spacial score (nSPS) is 12.0. The fourth-order valence-corrected chi connectivity index (χ4v) is 9.22. The smallest absolute Gasteiger partial charge is 0.381 e. The van der Waals surface area contributed by atoms with Gasteiger partial charge in [0.2, 0.25) is 0 Å². The van der Waals surface area contributed by atoms with E-state index in [2.05, 4.69) is 55.0 Å². The molecular weight excluding hydrogens is 470 g/mol. The summed E-state index contributed by atoms with van der Waals surface area (Å²) in [4.78, 5) is 33.9. The Morgan fingerprint density at radius 3 is 2.08 bits per heavy atom. The van der Waals surface area contributed by atoms with Crippen LogP contribution in [-0.4, -0.2) is 41.0 Å². The lowest BCUT2D eigenvalue weighted by molar-refractivity contribution is -0.137. The average Bonchev–Trinajstić information content (AvgIpc) is 3.19. The van der Waals surface area contributed by atoms with Crippen LogP contribution in [0.3, 0.4) is 0 Å². The van der Waals surface area contributed by atoms with Gasteiger partial charge in [0.15, 0.2) is 5.65 Å². The summed E-state index contributed by atoms with van der Waals surface area (Å²) in [5, 5.41) is 2.15. The number of carbonyl (C=O) groups excluding carboxylic acids is 2. The number of Topliss-reactive ketones (excluding diaryl/α,β-unsaturated/α-hetero) is 1. The first-order chi connectivity index (χ1) is 17.2. The summed E-state index contributed by atoms with van der Waals surface area (Å²) in [6.07, 6.45) is 3.32. The highest BCUT2D eigenvalue weighted by molar-refractivity contribution is 6.99. The number of nitrogens with zero attached hydrogens (tertiary/aromatic N) is 3. The van der Waals surface area contributed by atoms with Gasteiger partial charge in [0.1, 0.15) is 5.69 Å². The van der Waals surface area contributed by atoms with E-state index < -0.39 is 20.1 Å². The lowest BCUT2D eigenvalue weighted by atomic mass is 10.2. The molecule has 0 aliphatic heterocycles. The largest absolute Gasteiger partial charge is 0.460 e. The molecule has 0 unspecified atom stereocenters. The molecule has 0 saturated carbocycles. The Balaban J connectivity index is 1.77. The standard InChI is InChI=1S/C28H31N3O4Si/c1-6-34-27(33)26(32)25-20(2)30-24-17-29-21(18-31(24)25)19-35-36(28(3,4)5,22-13-9-7-10-14-22)23-15-11-8-12-16-23/h7-18H,6,19H2,1-5H3. The summed E-state index contributed by atoms with van der Waals surface area (Å²) >= 11 is 0. The highest BCUT2D eigenvalue weighted by atomic mass is 28.4. The Labute approximate surface area is 212 Å². The Bertz CT molecular complexity index is 1340. The molecule has 7 nitrogen and oxygen atoms in total. The number of fused-ring (bicyclic) bond motifs is 1. The molecule has 0 atom stereocenters. The third-order valence-electron chi connectivity index (χ3n) is 6.27. The molecule has 0 aliphatic carbocycles. The number of carbonyl (C=O) groups is 2. The number of aryl methyl sites for hydroxylation is 1. The molecule has 0 saturated heterocycles. The zero-order valence-corrected chi connectivity index (χ0v) is 22.3. The summed E-state index contributed by atoms with van der Waals surface area (Å²) in [6, 6.07) is 20.7. The number of ether oxygens (including phenoxy) is 1. The van der Waals surface area contributed by atoms with Crippen molar-refractivity contribution in [2.45, 2.75) is 46.3 Å². The monoisotopic (exact) mass is 501 g/mol. The fourth-order valence-electron chi connectivity index (χ4n) is 4.70. The van der Waals surface area contributed by atoms with Crippen LogP contribution < -0.4 is 10.4 Å². The molecule has 0 aliphatic rings. The van der Waals surface area contributed by atoms with Crippen LogP contribution in [-0.2, 0) is 20.6 Å². The number of aromatic nitrogens is 3. The van der Waals surface area contributed by atoms with Crippen molar-refractivity contribution in [1.82, 2.24) is 14.4 Å². The van der Waals surface area contributed by atoms with Crippen molar-refractivity contribution in [2.75, 3.05) is 6.61 Å². The van der Waals surface area contributed by atoms with E-state index in [1.165, 1.54) is 10.4 Å². The first kappa shape index (κ1) is 25.5. The molecule has 0 N–H and O–H groups in total. The summed E-state index contributed by atoms with van der Waals surface area (Å²) in [5.41, 5.74) is 1.73. The van der Waals surface area contributed by atoms with E-state index in [-0.39, 0.29) is 23.9 Å². The van der Waals surface area contributed by atoms with Crippen molar-refractivity contribution in [3.63, 3.8) is 0 Å². The minimum absolute atomic E-state index is 0.124. The lowest BCUT2D eigenvalue weighted by Gasteiger charge is -2.43. The van der Waals surface area contributed by atoms with Gasteiger partial charge in [-0.15, -0.1) is 0 Å². The molecule has 0 amide bonds. The van der Waals surface area contributed by atoms with Crippen molar-refractivity contribution in [3.8, 4) is 0 Å². The second-order valence-electron chi connectivity index (χ2n) is 9.65. The van der Waals surface area contributed by atoms with Crippen LogP contribution in [0.5, 0.6) is 0 Å². The topological polar surface area (TPSA) is 82.8 Å². The quantitative estimate of drug-likeness (QED) is 0.158. The molecule has 4 aromatic rings. The van der Waals surface area contributed by atoms with E-state index >= 15 is 0 Å². The number of hydrogen-bond donors (Lipinski definition) is 0. The number of imidazole rings is 1. The molecular formula is C28H31N3O4Si. The lowest BCUT2D eigenvalue weighted by Crippen LogP contribution is -2.66. The van der Waals surface area contributed by atoms with Crippen molar-refractivity contribution in [3.05, 3.63) is 90.1 Å². The van der Waals surface area contributed by atoms with Crippen molar-refractivity contribution in [1.29, 1.82) is 0 Å².